The number of nitrogens with two attached hydrogens (primary N) is 1. The second kappa shape index (κ2) is 22.2. The van der Waals surface area contributed by atoms with Crippen molar-refractivity contribution in [3.05, 3.63) is 48.6 Å². The summed E-state index contributed by atoms with van der Waals surface area (Å²) in [7, 11) is 1.58. The van der Waals surface area contributed by atoms with Crippen LogP contribution in [-0.4, -0.2) is 91.1 Å². The highest BCUT2D eigenvalue weighted by Crippen LogP contribution is 2.31. The average molecular weight is 682 g/mol. The molecule has 1 fully saturated rings. The molecule has 0 radical (unpaired) electrons. The summed E-state index contributed by atoms with van der Waals surface area (Å²) in [6.07, 6.45) is 7.09. The lowest BCUT2D eigenvalue weighted by atomic mass is 9.81. The van der Waals surface area contributed by atoms with Crippen LogP contribution in [0.25, 0.3) is 0 Å². The number of hydrogen-bond donors (Lipinski definition) is 4. The van der Waals surface area contributed by atoms with Crippen LogP contribution in [0.4, 0.5) is 4.79 Å². The van der Waals surface area contributed by atoms with Gasteiger partial charge in [0.05, 0.1) is 43.5 Å². The van der Waals surface area contributed by atoms with Crippen molar-refractivity contribution in [1.82, 2.24) is 0 Å². The highest BCUT2D eigenvalue weighted by Gasteiger charge is 2.41. The molecule has 1 aliphatic heterocycles. The fourth-order valence-corrected chi connectivity index (χ4v) is 6.25. The van der Waals surface area contributed by atoms with Gasteiger partial charge in [-0.3, -0.25) is 4.79 Å². The van der Waals surface area contributed by atoms with Crippen molar-refractivity contribution in [3.8, 4) is 0 Å². The molecule has 1 heterocycles. The van der Waals surface area contributed by atoms with Gasteiger partial charge in [0.15, 0.2) is 0 Å². The molecule has 1 saturated heterocycles. The second-order valence-corrected chi connectivity index (χ2v) is 13.6. The number of methoxy groups -OCH3 is 1. The second-order valence-electron chi connectivity index (χ2n) is 13.6. The van der Waals surface area contributed by atoms with Crippen molar-refractivity contribution >= 4 is 12.1 Å². The number of aliphatic hydroxyl groups is 3. The maximum atomic E-state index is 12.3. The summed E-state index contributed by atoms with van der Waals surface area (Å²) in [6, 6.07) is 0. The largest absolute Gasteiger partial charge is 0.462 e. The molecule has 0 aromatic heterocycles. The van der Waals surface area contributed by atoms with Crippen LogP contribution in [0, 0.1) is 41.4 Å². The van der Waals surface area contributed by atoms with Gasteiger partial charge in [-0.1, -0.05) is 90.2 Å². The molecule has 0 aromatic rings. The van der Waals surface area contributed by atoms with Crippen LogP contribution in [0.2, 0.25) is 0 Å². The molecular weight excluding hydrogens is 618 g/mol. The van der Waals surface area contributed by atoms with E-state index in [-0.39, 0.29) is 42.3 Å². The molecule has 1 aliphatic rings. The lowest BCUT2D eigenvalue weighted by Gasteiger charge is -2.37. The topological polar surface area (TPSA) is 167 Å². The smallest absolute Gasteiger partial charge is 0.404 e. The minimum Gasteiger partial charge on any atom is -0.462 e. The molecule has 0 unspecified atom stereocenters. The standard InChI is InChI=1S/C37H63NO10/c1-11-12-13-24(4)35(48-37(38)43)28(8)33(40)26(6)19-22(2)18-25(5)32(39)23(3)14-15-30(46-21-45-17-16-44-10)20-31-27(7)34(41)29(9)36(42)47-31/h11-15,18,23-35,39-41H,1,16-17,19-21H2,2-10H3,(H2,38,43)/b13-12-,15-14-,22-18-/t23-,24-,25-,26-,27-,28-,29+,30+,31-,32-,33+,34-,35-/m0/s1. The maximum absolute atomic E-state index is 12.3. The van der Waals surface area contributed by atoms with E-state index in [2.05, 4.69) is 6.58 Å². The van der Waals surface area contributed by atoms with Crippen molar-refractivity contribution in [1.29, 1.82) is 0 Å². The van der Waals surface area contributed by atoms with E-state index in [1.54, 1.807) is 26.2 Å². The number of esters is 1. The molecule has 276 valence electrons. The first-order chi connectivity index (χ1) is 22.5. The summed E-state index contributed by atoms with van der Waals surface area (Å²) in [5.74, 6) is -2.47. The lowest BCUT2D eigenvalue weighted by molar-refractivity contribution is -0.181. The van der Waals surface area contributed by atoms with E-state index in [1.807, 2.05) is 72.8 Å². The third-order valence-electron chi connectivity index (χ3n) is 9.40. The Balaban J connectivity index is 2.93. The van der Waals surface area contributed by atoms with Gasteiger partial charge in [-0.15, -0.1) is 0 Å². The fourth-order valence-electron chi connectivity index (χ4n) is 6.25. The molecular formula is C37H63NO10. The van der Waals surface area contributed by atoms with E-state index >= 15 is 0 Å². The number of amides is 1. The van der Waals surface area contributed by atoms with Crippen LogP contribution in [0.1, 0.15) is 68.2 Å². The van der Waals surface area contributed by atoms with E-state index in [9.17, 15) is 24.9 Å². The zero-order chi connectivity index (χ0) is 36.6. The Morgan fingerprint density at radius 1 is 1.02 bits per heavy atom. The summed E-state index contributed by atoms with van der Waals surface area (Å²) >= 11 is 0. The predicted molar refractivity (Wildman–Crippen MR) is 186 cm³/mol. The molecule has 0 saturated carbocycles. The lowest BCUT2D eigenvalue weighted by Crippen LogP contribution is -2.47. The number of carbonyl (C=O) groups excluding carboxylic acids is 2. The third kappa shape index (κ3) is 14.5. The van der Waals surface area contributed by atoms with Gasteiger partial charge in [-0.2, -0.15) is 0 Å². The number of hydrogen-bond acceptors (Lipinski definition) is 10. The van der Waals surface area contributed by atoms with Crippen molar-refractivity contribution in [3.63, 3.8) is 0 Å². The van der Waals surface area contributed by atoms with Gasteiger partial charge in [-0.25, -0.2) is 4.79 Å². The van der Waals surface area contributed by atoms with E-state index in [1.165, 1.54) is 0 Å². The molecule has 0 bridgehead atoms. The summed E-state index contributed by atoms with van der Waals surface area (Å²) < 4.78 is 27.5. The van der Waals surface area contributed by atoms with Gasteiger partial charge in [0.2, 0.25) is 0 Å². The van der Waals surface area contributed by atoms with Crippen molar-refractivity contribution < 1.29 is 48.6 Å². The molecule has 11 heteroatoms. The molecule has 1 amide bonds. The molecule has 48 heavy (non-hydrogen) atoms. The average Bonchev–Trinajstić information content (AvgIpc) is 3.04. The minimum atomic E-state index is -0.888. The molecule has 13 atom stereocenters. The van der Waals surface area contributed by atoms with Gasteiger partial charge in [0.25, 0.3) is 0 Å². The Morgan fingerprint density at radius 2 is 1.69 bits per heavy atom. The zero-order valence-electron chi connectivity index (χ0n) is 30.5. The first-order valence-electron chi connectivity index (χ1n) is 17.1. The number of aliphatic hydroxyl groups excluding tert-OH is 3. The van der Waals surface area contributed by atoms with Crippen LogP contribution >= 0.6 is 0 Å². The van der Waals surface area contributed by atoms with E-state index < -0.39 is 54.6 Å². The number of rotatable bonds is 22. The van der Waals surface area contributed by atoms with Gasteiger partial charge in [-0.05, 0) is 26.2 Å². The fraction of sp³-hybridized carbons (Fsp3) is 0.730. The van der Waals surface area contributed by atoms with E-state index in [0.717, 1.165) is 5.57 Å². The van der Waals surface area contributed by atoms with Crippen LogP contribution < -0.4 is 5.73 Å². The minimum absolute atomic E-state index is 0.00410. The van der Waals surface area contributed by atoms with E-state index in [0.29, 0.717) is 26.1 Å². The van der Waals surface area contributed by atoms with Gasteiger partial charge in [0, 0.05) is 43.1 Å². The zero-order valence-corrected chi connectivity index (χ0v) is 30.5. The highest BCUT2D eigenvalue weighted by molar-refractivity contribution is 5.73. The number of carbonyl (C=O) groups is 2. The van der Waals surface area contributed by atoms with Gasteiger partial charge >= 0.3 is 12.1 Å². The van der Waals surface area contributed by atoms with Gasteiger partial charge in [0.1, 0.15) is 19.0 Å². The Labute approximate surface area is 288 Å². The van der Waals surface area contributed by atoms with Crippen molar-refractivity contribution in [2.24, 2.45) is 47.2 Å². The predicted octanol–water partition coefficient (Wildman–Crippen LogP) is 4.94. The van der Waals surface area contributed by atoms with Crippen LogP contribution in [0.3, 0.4) is 0 Å². The summed E-state index contributed by atoms with van der Waals surface area (Å²) in [5.41, 5.74) is 6.34. The molecule has 0 spiro atoms. The Kier molecular flexibility index (Phi) is 20.1. The van der Waals surface area contributed by atoms with Crippen molar-refractivity contribution in [2.75, 3.05) is 27.1 Å². The number of cyclic esters (lactones) is 1. The van der Waals surface area contributed by atoms with Crippen LogP contribution in [-0.2, 0) is 28.5 Å². The maximum Gasteiger partial charge on any atom is 0.404 e. The number of primary amides is 1. The highest BCUT2D eigenvalue weighted by atomic mass is 16.7. The third-order valence-corrected chi connectivity index (χ3v) is 9.40. The summed E-state index contributed by atoms with van der Waals surface area (Å²) in [4.78, 5) is 23.9. The molecule has 11 nitrogen and oxygen atoms in total. The summed E-state index contributed by atoms with van der Waals surface area (Å²) in [6.45, 7) is 19.5. The molecule has 0 aromatic carbocycles. The first-order valence-corrected chi connectivity index (χ1v) is 17.1. The number of ether oxygens (including phenoxy) is 5. The van der Waals surface area contributed by atoms with E-state index in [4.69, 9.17) is 29.4 Å². The molecule has 0 aliphatic carbocycles. The number of allylic oxidation sites excluding steroid dienone is 3. The van der Waals surface area contributed by atoms with Crippen LogP contribution in [0.5, 0.6) is 0 Å². The normalized spacial score (nSPS) is 26.2. The van der Waals surface area contributed by atoms with Gasteiger partial charge < -0.3 is 44.7 Å². The Bertz CT molecular complexity index is 1060. The monoisotopic (exact) mass is 681 g/mol. The quantitative estimate of drug-likeness (QED) is 0.0404. The Morgan fingerprint density at radius 3 is 2.29 bits per heavy atom. The first kappa shape index (κ1) is 43.5. The Hall–Kier alpha value is -2.54. The summed E-state index contributed by atoms with van der Waals surface area (Å²) in [5, 5.41) is 32.9. The molecule has 5 N–H and O–H groups in total. The van der Waals surface area contributed by atoms with Crippen molar-refractivity contribution in [2.45, 2.75) is 105 Å². The SMILES string of the molecule is C=C/C=C\[C@H](C)[C@H](OC(N)=O)[C@@H](C)[C@H](O)[C@@H](C)C/C(C)=C\[C@H](C)[C@@H](O)[C@@H](C)/C=C\[C@H](C[C@@H]1OC(=O)[C@H](C)[C@@H](O)[C@H]1C)OCOCCOC. The molecule has 1 rings (SSSR count). The van der Waals surface area contributed by atoms with Crippen LogP contribution in [0.15, 0.2) is 48.6 Å².